The van der Waals surface area contributed by atoms with Crippen LogP contribution in [0.4, 0.5) is 0 Å². The van der Waals surface area contributed by atoms with Gasteiger partial charge in [0.1, 0.15) is 0 Å². The number of hydrogen-bond donors (Lipinski definition) is 0. The van der Waals surface area contributed by atoms with Crippen LogP contribution in [0.2, 0.25) is 0 Å². The van der Waals surface area contributed by atoms with Gasteiger partial charge in [-0.1, -0.05) is 0 Å². The number of hydrogen-bond acceptors (Lipinski definition) is 2. The molecule has 1 aliphatic heterocycles. The molecule has 0 N–H and O–H groups in total. The maximum absolute atomic E-state index is 2.45. The van der Waals surface area contributed by atoms with Gasteiger partial charge in [0.15, 0.2) is 0 Å². The zero-order chi connectivity index (χ0) is 9.14. The first kappa shape index (κ1) is 10.0. The lowest BCUT2D eigenvalue weighted by Crippen LogP contribution is -2.32. The minimum Gasteiger partial charge on any atom is -0.306 e. The molecule has 72 valence electrons. The molecule has 12 heavy (non-hydrogen) atoms. The van der Waals surface area contributed by atoms with Gasteiger partial charge in [-0.15, -0.1) is 0 Å². The van der Waals surface area contributed by atoms with Crippen LogP contribution < -0.4 is 0 Å². The number of rotatable bonds is 3. The molecule has 0 aromatic carbocycles. The highest BCUT2D eigenvalue weighted by Crippen LogP contribution is 2.15. The molecule has 0 radical (unpaired) electrons. The Morgan fingerprint density at radius 1 is 1.50 bits per heavy atom. The van der Waals surface area contributed by atoms with Crippen LogP contribution in [0.15, 0.2) is 0 Å². The molecule has 1 fully saturated rings. The lowest BCUT2D eigenvalue weighted by Gasteiger charge is -2.24. The first-order chi connectivity index (χ1) is 5.59. The highest BCUT2D eigenvalue weighted by molar-refractivity contribution is 4.75. The van der Waals surface area contributed by atoms with Crippen molar-refractivity contribution < 1.29 is 0 Å². The van der Waals surface area contributed by atoms with Gasteiger partial charge >= 0.3 is 0 Å². The molecule has 0 aromatic heterocycles. The van der Waals surface area contributed by atoms with Gasteiger partial charge in [0, 0.05) is 19.1 Å². The van der Waals surface area contributed by atoms with Gasteiger partial charge in [-0.2, -0.15) is 0 Å². The SMILES string of the molecule is CC(C)N(C)C[C@H]1CCN(C)C1. The molecule has 0 bridgehead atoms. The van der Waals surface area contributed by atoms with Crippen molar-refractivity contribution in [2.75, 3.05) is 33.7 Å². The summed E-state index contributed by atoms with van der Waals surface area (Å²) in [5.74, 6) is 0.905. The van der Waals surface area contributed by atoms with Crippen LogP contribution in [0.1, 0.15) is 20.3 Å². The van der Waals surface area contributed by atoms with Crippen LogP contribution >= 0.6 is 0 Å². The Hall–Kier alpha value is -0.0800. The minimum atomic E-state index is 0.691. The van der Waals surface area contributed by atoms with Crippen LogP contribution in [0.5, 0.6) is 0 Å². The topological polar surface area (TPSA) is 6.48 Å². The Labute approximate surface area is 76.5 Å². The van der Waals surface area contributed by atoms with Crippen molar-refractivity contribution in [3.63, 3.8) is 0 Å². The second-order valence-corrected chi connectivity index (χ2v) is 4.45. The standard InChI is InChI=1S/C10H22N2/c1-9(2)12(4)8-10-5-6-11(3)7-10/h9-10H,5-8H2,1-4H3/t10-/m0/s1. The van der Waals surface area contributed by atoms with Crippen molar-refractivity contribution in [1.82, 2.24) is 9.80 Å². The second kappa shape index (κ2) is 4.24. The molecule has 1 atom stereocenters. The fraction of sp³-hybridized carbons (Fsp3) is 1.00. The highest BCUT2D eigenvalue weighted by Gasteiger charge is 2.21. The fourth-order valence-electron chi connectivity index (χ4n) is 1.79. The third kappa shape index (κ3) is 2.76. The monoisotopic (exact) mass is 170 g/mol. The second-order valence-electron chi connectivity index (χ2n) is 4.45. The van der Waals surface area contributed by atoms with Gasteiger partial charge in [0.2, 0.25) is 0 Å². The molecule has 1 rings (SSSR count). The Morgan fingerprint density at radius 3 is 2.58 bits per heavy atom. The molecule has 2 heteroatoms. The molecule has 0 saturated carbocycles. The lowest BCUT2D eigenvalue weighted by molar-refractivity contribution is 0.230. The van der Waals surface area contributed by atoms with E-state index in [2.05, 4.69) is 37.7 Å². The smallest absolute Gasteiger partial charge is 0.00356 e. The molecular formula is C10H22N2. The molecule has 1 saturated heterocycles. The van der Waals surface area contributed by atoms with E-state index in [9.17, 15) is 0 Å². The minimum absolute atomic E-state index is 0.691. The molecular weight excluding hydrogens is 148 g/mol. The van der Waals surface area contributed by atoms with Crippen LogP contribution in [0.25, 0.3) is 0 Å². The van der Waals surface area contributed by atoms with E-state index < -0.39 is 0 Å². The van der Waals surface area contributed by atoms with Gasteiger partial charge in [-0.3, -0.25) is 0 Å². The van der Waals surface area contributed by atoms with Gasteiger partial charge in [0.25, 0.3) is 0 Å². The summed E-state index contributed by atoms with van der Waals surface area (Å²) < 4.78 is 0. The molecule has 0 aliphatic carbocycles. The molecule has 0 amide bonds. The maximum atomic E-state index is 2.45. The average molecular weight is 170 g/mol. The number of nitrogens with zero attached hydrogens (tertiary/aromatic N) is 2. The van der Waals surface area contributed by atoms with E-state index in [-0.39, 0.29) is 0 Å². The van der Waals surface area contributed by atoms with Crippen LogP contribution in [0, 0.1) is 5.92 Å². The average Bonchev–Trinajstić information content (AvgIpc) is 2.35. The van der Waals surface area contributed by atoms with Gasteiger partial charge < -0.3 is 9.80 Å². The predicted molar refractivity (Wildman–Crippen MR) is 53.4 cm³/mol. The lowest BCUT2D eigenvalue weighted by atomic mass is 10.1. The Bertz CT molecular complexity index is 134. The summed E-state index contributed by atoms with van der Waals surface area (Å²) in [4.78, 5) is 4.88. The van der Waals surface area contributed by atoms with Crippen molar-refractivity contribution >= 4 is 0 Å². The summed E-state index contributed by atoms with van der Waals surface area (Å²) in [6.45, 7) is 8.37. The van der Waals surface area contributed by atoms with E-state index in [0.717, 1.165) is 5.92 Å². The zero-order valence-corrected chi connectivity index (χ0v) is 8.88. The third-order valence-electron chi connectivity index (χ3n) is 2.92. The quantitative estimate of drug-likeness (QED) is 0.629. The van der Waals surface area contributed by atoms with Gasteiger partial charge in [0.05, 0.1) is 0 Å². The van der Waals surface area contributed by atoms with E-state index in [1.807, 2.05) is 0 Å². The first-order valence-electron chi connectivity index (χ1n) is 4.98. The van der Waals surface area contributed by atoms with Crippen molar-refractivity contribution in [2.24, 2.45) is 5.92 Å². The molecule has 0 spiro atoms. The Kier molecular flexibility index (Phi) is 3.53. The van der Waals surface area contributed by atoms with Gasteiger partial charge in [-0.25, -0.2) is 0 Å². The van der Waals surface area contributed by atoms with Crippen LogP contribution in [0.3, 0.4) is 0 Å². The summed E-state index contributed by atoms with van der Waals surface area (Å²) in [5, 5.41) is 0. The molecule has 2 nitrogen and oxygen atoms in total. The Balaban J connectivity index is 2.23. The molecule has 0 aromatic rings. The molecule has 1 heterocycles. The summed E-state index contributed by atoms with van der Waals surface area (Å²) in [7, 11) is 4.44. The zero-order valence-electron chi connectivity index (χ0n) is 8.88. The Morgan fingerprint density at radius 2 is 2.17 bits per heavy atom. The summed E-state index contributed by atoms with van der Waals surface area (Å²) in [6, 6.07) is 0.691. The predicted octanol–water partition coefficient (Wildman–Crippen LogP) is 1.28. The van der Waals surface area contributed by atoms with E-state index in [1.54, 1.807) is 0 Å². The molecule has 0 unspecified atom stereocenters. The van der Waals surface area contributed by atoms with E-state index in [1.165, 1.54) is 26.1 Å². The number of likely N-dealkylation sites (tertiary alicyclic amines) is 1. The summed E-state index contributed by atoms with van der Waals surface area (Å²) in [5.41, 5.74) is 0. The van der Waals surface area contributed by atoms with Crippen molar-refractivity contribution in [3.8, 4) is 0 Å². The van der Waals surface area contributed by atoms with Crippen LogP contribution in [-0.2, 0) is 0 Å². The van der Waals surface area contributed by atoms with Crippen LogP contribution in [-0.4, -0.2) is 49.6 Å². The van der Waals surface area contributed by atoms with Crippen molar-refractivity contribution in [1.29, 1.82) is 0 Å². The van der Waals surface area contributed by atoms with E-state index in [0.29, 0.717) is 6.04 Å². The van der Waals surface area contributed by atoms with Gasteiger partial charge in [-0.05, 0) is 46.8 Å². The van der Waals surface area contributed by atoms with Crippen molar-refractivity contribution in [2.45, 2.75) is 26.3 Å². The largest absolute Gasteiger partial charge is 0.306 e. The maximum Gasteiger partial charge on any atom is 0.00356 e. The normalized spacial score (nSPS) is 26.0. The van der Waals surface area contributed by atoms with Crippen molar-refractivity contribution in [3.05, 3.63) is 0 Å². The van der Waals surface area contributed by atoms with E-state index in [4.69, 9.17) is 0 Å². The third-order valence-corrected chi connectivity index (χ3v) is 2.92. The molecule has 1 aliphatic rings. The highest BCUT2D eigenvalue weighted by atomic mass is 15.2. The summed E-state index contributed by atoms with van der Waals surface area (Å²) in [6.07, 6.45) is 1.38. The fourth-order valence-corrected chi connectivity index (χ4v) is 1.79. The first-order valence-corrected chi connectivity index (χ1v) is 4.98. The summed E-state index contributed by atoms with van der Waals surface area (Å²) >= 11 is 0. The van der Waals surface area contributed by atoms with E-state index >= 15 is 0 Å².